The van der Waals surface area contributed by atoms with Gasteiger partial charge in [0.1, 0.15) is 13.2 Å². The van der Waals surface area contributed by atoms with Crippen molar-refractivity contribution in [1.82, 2.24) is 0 Å². The first-order valence-corrected chi connectivity index (χ1v) is 31.2. The first kappa shape index (κ1) is 67.4. The minimum Gasteiger partial charge on any atom is -0.462 e. The minimum atomic E-state index is -0.763. The molecule has 0 bridgehead atoms. The third-order valence-corrected chi connectivity index (χ3v) is 14.5. The number of hydrogen-bond acceptors (Lipinski definition) is 6. The molecule has 0 aromatic heterocycles. The smallest absolute Gasteiger partial charge is 0.306 e. The fourth-order valence-corrected chi connectivity index (χ4v) is 9.76. The van der Waals surface area contributed by atoms with E-state index in [2.05, 4.69) is 34.6 Å². The summed E-state index contributed by atoms with van der Waals surface area (Å²) in [5, 5.41) is 0. The van der Waals surface area contributed by atoms with Crippen molar-refractivity contribution in [2.24, 2.45) is 11.8 Å². The van der Waals surface area contributed by atoms with E-state index in [9.17, 15) is 14.4 Å². The van der Waals surface area contributed by atoms with E-state index in [0.29, 0.717) is 19.3 Å². The second-order valence-corrected chi connectivity index (χ2v) is 22.6. The summed E-state index contributed by atoms with van der Waals surface area (Å²) in [6, 6.07) is 0. The summed E-state index contributed by atoms with van der Waals surface area (Å²) in [6.45, 7) is 11.4. The molecule has 0 aromatic rings. The molecule has 0 N–H and O–H groups in total. The van der Waals surface area contributed by atoms with Crippen molar-refractivity contribution in [2.75, 3.05) is 13.2 Å². The summed E-state index contributed by atoms with van der Waals surface area (Å²) in [6.07, 6.45) is 61.1. The van der Waals surface area contributed by atoms with Gasteiger partial charge in [0.05, 0.1) is 0 Å². The summed E-state index contributed by atoms with van der Waals surface area (Å²) in [5.41, 5.74) is 0. The molecule has 69 heavy (non-hydrogen) atoms. The van der Waals surface area contributed by atoms with Crippen LogP contribution in [-0.2, 0) is 28.6 Å². The Morgan fingerprint density at radius 3 is 0.710 bits per heavy atom. The second-order valence-electron chi connectivity index (χ2n) is 22.6. The molecule has 0 aromatic carbocycles. The highest BCUT2D eigenvalue weighted by Gasteiger charge is 2.19. The molecular weight excluding hydrogens is 853 g/mol. The highest BCUT2D eigenvalue weighted by Crippen LogP contribution is 2.19. The quantitative estimate of drug-likeness (QED) is 0.0343. The van der Waals surface area contributed by atoms with E-state index < -0.39 is 6.10 Å². The second kappa shape index (κ2) is 55.7. The van der Waals surface area contributed by atoms with Gasteiger partial charge in [-0.25, -0.2) is 0 Å². The highest BCUT2D eigenvalue weighted by molar-refractivity contribution is 5.71. The van der Waals surface area contributed by atoms with Crippen LogP contribution in [0, 0.1) is 11.8 Å². The molecule has 0 unspecified atom stereocenters. The van der Waals surface area contributed by atoms with Crippen LogP contribution in [0.3, 0.4) is 0 Å². The van der Waals surface area contributed by atoms with Crippen molar-refractivity contribution >= 4 is 17.9 Å². The number of unbranched alkanes of at least 4 members (excludes halogenated alkanes) is 42. The van der Waals surface area contributed by atoms with E-state index >= 15 is 0 Å². The number of carbonyl (C=O) groups is 3. The zero-order valence-corrected chi connectivity index (χ0v) is 47.5. The van der Waals surface area contributed by atoms with E-state index in [1.807, 2.05) is 0 Å². The van der Waals surface area contributed by atoms with Crippen LogP contribution in [0.5, 0.6) is 0 Å². The lowest BCUT2D eigenvalue weighted by molar-refractivity contribution is -0.167. The summed E-state index contributed by atoms with van der Waals surface area (Å²) >= 11 is 0. The fraction of sp³-hybridized carbons (Fsp3) is 0.952. The minimum absolute atomic E-state index is 0.0622. The van der Waals surface area contributed by atoms with Crippen LogP contribution < -0.4 is 0 Å². The number of carbonyl (C=O) groups excluding carboxylic acids is 3. The fourth-order valence-electron chi connectivity index (χ4n) is 9.76. The molecular formula is C63H122O6. The molecule has 0 spiro atoms. The van der Waals surface area contributed by atoms with Gasteiger partial charge in [-0.1, -0.05) is 317 Å². The van der Waals surface area contributed by atoms with Gasteiger partial charge < -0.3 is 14.2 Å². The van der Waals surface area contributed by atoms with E-state index in [-0.39, 0.29) is 31.1 Å². The molecule has 0 radical (unpaired) electrons. The van der Waals surface area contributed by atoms with Crippen molar-refractivity contribution in [3.8, 4) is 0 Å². The number of esters is 3. The lowest BCUT2D eigenvalue weighted by atomic mass is 10.0. The molecule has 0 amide bonds. The Bertz CT molecular complexity index is 1060. The number of hydrogen-bond donors (Lipinski definition) is 0. The zero-order valence-electron chi connectivity index (χ0n) is 47.5. The Labute approximate surface area is 431 Å². The van der Waals surface area contributed by atoms with Crippen LogP contribution in [0.25, 0.3) is 0 Å². The van der Waals surface area contributed by atoms with E-state index in [0.717, 1.165) is 69.6 Å². The van der Waals surface area contributed by atoms with Crippen LogP contribution in [0.4, 0.5) is 0 Å². The van der Waals surface area contributed by atoms with E-state index in [1.54, 1.807) is 0 Å². The molecule has 1 atom stereocenters. The van der Waals surface area contributed by atoms with Crippen LogP contribution in [-0.4, -0.2) is 37.2 Å². The van der Waals surface area contributed by atoms with Gasteiger partial charge in [0.15, 0.2) is 6.10 Å². The lowest BCUT2D eigenvalue weighted by Crippen LogP contribution is -2.30. The third-order valence-electron chi connectivity index (χ3n) is 14.5. The van der Waals surface area contributed by atoms with E-state index in [4.69, 9.17) is 14.2 Å². The average molecular weight is 976 g/mol. The number of rotatable bonds is 57. The first-order chi connectivity index (χ1) is 33.7. The molecule has 0 rings (SSSR count). The zero-order chi connectivity index (χ0) is 50.4. The Morgan fingerprint density at radius 2 is 0.478 bits per heavy atom. The molecule has 0 aliphatic heterocycles. The predicted octanol–water partition coefficient (Wildman–Crippen LogP) is 20.8. The van der Waals surface area contributed by atoms with Crippen molar-refractivity contribution in [3.05, 3.63) is 0 Å². The first-order valence-electron chi connectivity index (χ1n) is 31.2. The maximum absolute atomic E-state index is 12.9. The van der Waals surface area contributed by atoms with Crippen LogP contribution >= 0.6 is 0 Å². The Morgan fingerprint density at radius 1 is 0.275 bits per heavy atom. The predicted molar refractivity (Wildman–Crippen MR) is 298 cm³/mol. The van der Waals surface area contributed by atoms with Crippen LogP contribution in [0.2, 0.25) is 0 Å². The maximum atomic E-state index is 12.9. The third kappa shape index (κ3) is 57.2. The summed E-state index contributed by atoms with van der Waals surface area (Å²) in [7, 11) is 0. The Balaban J connectivity index is 4.26. The summed E-state index contributed by atoms with van der Waals surface area (Å²) in [5.74, 6) is 0.836. The molecule has 410 valence electrons. The van der Waals surface area contributed by atoms with Gasteiger partial charge in [0, 0.05) is 19.3 Å². The standard InChI is InChI=1S/C63H122O6/c1-6-7-8-9-10-11-12-13-14-15-16-17-21-24-27-33-38-43-48-53-61(64)67-56-60(57-68-62(65)54-49-44-39-34-30-29-32-37-42-47-52-59(4)5)69-63(66)55-50-45-40-35-28-25-22-19-18-20-23-26-31-36-41-46-51-58(2)3/h58-60H,6-57H2,1-5H3/t60-/m0/s1. The Hall–Kier alpha value is -1.59. The molecule has 6 heteroatoms. The van der Waals surface area contributed by atoms with Gasteiger partial charge in [-0.15, -0.1) is 0 Å². The molecule has 0 saturated heterocycles. The molecule has 0 heterocycles. The highest BCUT2D eigenvalue weighted by atomic mass is 16.6. The monoisotopic (exact) mass is 975 g/mol. The van der Waals surface area contributed by atoms with Crippen molar-refractivity contribution in [2.45, 2.75) is 362 Å². The SMILES string of the molecule is CCCCCCCCCCCCCCCCCCCCCC(=O)OC[C@@H](COC(=O)CCCCCCCCCCCCC(C)C)OC(=O)CCCCCCCCCCCCCCCCCCC(C)C. The van der Waals surface area contributed by atoms with Gasteiger partial charge in [0.2, 0.25) is 0 Å². The van der Waals surface area contributed by atoms with Gasteiger partial charge in [0.25, 0.3) is 0 Å². The normalized spacial score (nSPS) is 12.0. The van der Waals surface area contributed by atoms with Gasteiger partial charge >= 0.3 is 17.9 Å². The molecule has 0 aliphatic carbocycles. The molecule has 6 nitrogen and oxygen atoms in total. The molecule has 0 aliphatic rings. The molecule has 0 fully saturated rings. The van der Waals surface area contributed by atoms with Crippen LogP contribution in [0.1, 0.15) is 356 Å². The maximum Gasteiger partial charge on any atom is 0.306 e. The van der Waals surface area contributed by atoms with Crippen molar-refractivity contribution < 1.29 is 28.6 Å². The largest absolute Gasteiger partial charge is 0.462 e. The topological polar surface area (TPSA) is 78.9 Å². The van der Waals surface area contributed by atoms with Crippen molar-refractivity contribution in [1.29, 1.82) is 0 Å². The van der Waals surface area contributed by atoms with Gasteiger partial charge in [-0.05, 0) is 31.1 Å². The summed E-state index contributed by atoms with van der Waals surface area (Å²) < 4.78 is 16.9. The van der Waals surface area contributed by atoms with Crippen molar-refractivity contribution in [3.63, 3.8) is 0 Å². The molecule has 0 saturated carbocycles. The number of ether oxygens (including phenoxy) is 3. The van der Waals surface area contributed by atoms with Gasteiger partial charge in [-0.3, -0.25) is 14.4 Å². The van der Waals surface area contributed by atoms with Crippen LogP contribution in [0.15, 0.2) is 0 Å². The summed E-state index contributed by atoms with van der Waals surface area (Å²) in [4.78, 5) is 38.2. The Kier molecular flexibility index (Phi) is 54.4. The average Bonchev–Trinajstić information content (AvgIpc) is 3.32. The van der Waals surface area contributed by atoms with E-state index in [1.165, 1.54) is 244 Å². The lowest BCUT2D eigenvalue weighted by Gasteiger charge is -2.18. The van der Waals surface area contributed by atoms with Gasteiger partial charge in [-0.2, -0.15) is 0 Å².